The van der Waals surface area contributed by atoms with E-state index >= 15 is 0 Å². The van der Waals surface area contributed by atoms with Crippen molar-refractivity contribution in [1.82, 2.24) is 10.2 Å². The van der Waals surface area contributed by atoms with E-state index in [4.69, 9.17) is 4.74 Å². The van der Waals surface area contributed by atoms with Gasteiger partial charge in [0, 0.05) is 31.8 Å². The highest BCUT2D eigenvalue weighted by Crippen LogP contribution is 2.36. The number of nitrogens with zero attached hydrogens (tertiary/aromatic N) is 1. The van der Waals surface area contributed by atoms with E-state index in [0.29, 0.717) is 6.04 Å². The monoisotopic (exact) mass is 254 g/mol. The van der Waals surface area contributed by atoms with Gasteiger partial charge in [-0.1, -0.05) is 13.3 Å². The van der Waals surface area contributed by atoms with E-state index in [1.165, 1.54) is 38.5 Å². The van der Waals surface area contributed by atoms with Gasteiger partial charge in [0.25, 0.3) is 0 Å². The first-order valence-electron chi connectivity index (χ1n) is 7.72. The van der Waals surface area contributed by atoms with Gasteiger partial charge in [-0.15, -0.1) is 0 Å². The Morgan fingerprint density at radius 1 is 1.22 bits per heavy atom. The van der Waals surface area contributed by atoms with Crippen LogP contribution in [0.2, 0.25) is 0 Å². The molecule has 2 fully saturated rings. The van der Waals surface area contributed by atoms with Gasteiger partial charge in [0.15, 0.2) is 0 Å². The molecule has 0 aliphatic heterocycles. The molecule has 0 aromatic carbocycles. The van der Waals surface area contributed by atoms with E-state index in [0.717, 1.165) is 31.2 Å². The minimum atomic E-state index is 0.685. The molecule has 18 heavy (non-hydrogen) atoms. The van der Waals surface area contributed by atoms with Gasteiger partial charge in [0.1, 0.15) is 0 Å². The first-order valence-corrected chi connectivity index (χ1v) is 7.72. The summed E-state index contributed by atoms with van der Waals surface area (Å²) in [7, 11) is 3.95. The fourth-order valence-electron chi connectivity index (χ4n) is 3.53. The van der Waals surface area contributed by atoms with E-state index in [1.807, 2.05) is 7.11 Å². The standard InChI is InChI=1S/C15H30N2O/c1-4-12-5-8-14(16-2)15(11-12)17(9-10-18-3)13-6-7-13/h12-16H,4-11H2,1-3H3. The number of methoxy groups -OCH3 is 1. The Balaban J connectivity index is 1.98. The Labute approximate surface area is 112 Å². The van der Waals surface area contributed by atoms with Crippen molar-refractivity contribution in [3.05, 3.63) is 0 Å². The van der Waals surface area contributed by atoms with Crippen molar-refractivity contribution in [3.8, 4) is 0 Å². The molecule has 2 aliphatic rings. The zero-order chi connectivity index (χ0) is 13.0. The third-order valence-electron chi connectivity index (χ3n) is 4.87. The second kappa shape index (κ2) is 6.88. The third kappa shape index (κ3) is 3.46. The van der Waals surface area contributed by atoms with E-state index in [-0.39, 0.29) is 0 Å². The molecule has 3 nitrogen and oxygen atoms in total. The highest BCUT2D eigenvalue weighted by molar-refractivity contribution is 4.96. The molecule has 0 heterocycles. The molecule has 0 aromatic heterocycles. The Morgan fingerprint density at radius 2 is 2.00 bits per heavy atom. The van der Waals surface area contributed by atoms with Gasteiger partial charge < -0.3 is 10.1 Å². The normalized spacial score (nSPS) is 33.0. The molecule has 3 unspecified atom stereocenters. The average molecular weight is 254 g/mol. The minimum absolute atomic E-state index is 0.685. The molecule has 0 radical (unpaired) electrons. The predicted molar refractivity (Wildman–Crippen MR) is 75.9 cm³/mol. The third-order valence-corrected chi connectivity index (χ3v) is 4.87. The van der Waals surface area contributed by atoms with E-state index < -0.39 is 0 Å². The van der Waals surface area contributed by atoms with Gasteiger partial charge in [-0.3, -0.25) is 4.90 Å². The quantitative estimate of drug-likeness (QED) is 0.754. The van der Waals surface area contributed by atoms with Gasteiger partial charge in [0.2, 0.25) is 0 Å². The number of likely N-dealkylation sites (N-methyl/N-ethyl adjacent to an activating group) is 1. The lowest BCUT2D eigenvalue weighted by Gasteiger charge is -2.43. The maximum Gasteiger partial charge on any atom is 0.0589 e. The summed E-state index contributed by atoms with van der Waals surface area (Å²) in [5, 5.41) is 3.56. The minimum Gasteiger partial charge on any atom is -0.383 e. The van der Waals surface area contributed by atoms with Crippen LogP contribution >= 0.6 is 0 Å². The summed E-state index contributed by atoms with van der Waals surface area (Å²) >= 11 is 0. The summed E-state index contributed by atoms with van der Waals surface area (Å²) in [6.07, 6.45) is 8.26. The van der Waals surface area contributed by atoms with Crippen molar-refractivity contribution >= 4 is 0 Å². The van der Waals surface area contributed by atoms with Crippen LogP contribution < -0.4 is 5.32 Å². The number of ether oxygens (including phenoxy) is 1. The van der Waals surface area contributed by atoms with Crippen LogP contribution in [-0.2, 0) is 4.74 Å². The predicted octanol–water partition coefficient (Wildman–Crippen LogP) is 2.26. The topological polar surface area (TPSA) is 24.5 Å². The fraction of sp³-hybridized carbons (Fsp3) is 1.00. The van der Waals surface area contributed by atoms with Crippen molar-refractivity contribution < 1.29 is 4.74 Å². The van der Waals surface area contributed by atoms with Crippen LogP contribution in [-0.4, -0.2) is 50.3 Å². The number of hydrogen-bond donors (Lipinski definition) is 1. The van der Waals surface area contributed by atoms with Gasteiger partial charge in [-0.2, -0.15) is 0 Å². The SMILES string of the molecule is CCC1CCC(NC)C(N(CCOC)C2CC2)C1. The van der Waals surface area contributed by atoms with Crippen LogP contribution in [0.4, 0.5) is 0 Å². The molecule has 0 saturated heterocycles. The first-order chi connectivity index (χ1) is 8.80. The molecule has 0 amide bonds. The molecule has 2 saturated carbocycles. The summed E-state index contributed by atoms with van der Waals surface area (Å²) < 4.78 is 5.30. The summed E-state index contributed by atoms with van der Waals surface area (Å²) in [5.74, 6) is 0.934. The van der Waals surface area contributed by atoms with Crippen molar-refractivity contribution in [1.29, 1.82) is 0 Å². The molecule has 0 aromatic rings. The van der Waals surface area contributed by atoms with Gasteiger partial charge in [0.05, 0.1) is 6.61 Å². The van der Waals surface area contributed by atoms with Gasteiger partial charge in [-0.05, 0) is 45.1 Å². The first kappa shape index (κ1) is 14.3. The number of nitrogens with one attached hydrogen (secondary N) is 1. The maximum atomic E-state index is 5.30. The van der Waals surface area contributed by atoms with E-state index in [1.54, 1.807) is 0 Å². The lowest BCUT2D eigenvalue weighted by atomic mass is 9.80. The number of rotatable bonds is 7. The maximum absolute atomic E-state index is 5.30. The second-order valence-electron chi connectivity index (χ2n) is 6.01. The molecule has 1 N–H and O–H groups in total. The molecule has 3 atom stereocenters. The molecular weight excluding hydrogens is 224 g/mol. The second-order valence-corrected chi connectivity index (χ2v) is 6.01. The highest BCUT2D eigenvalue weighted by atomic mass is 16.5. The molecule has 2 aliphatic carbocycles. The Hall–Kier alpha value is -0.120. The van der Waals surface area contributed by atoms with E-state index in [2.05, 4.69) is 24.2 Å². The highest BCUT2D eigenvalue weighted by Gasteiger charge is 2.39. The molecular formula is C15H30N2O. The van der Waals surface area contributed by atoms with Crippen molar-refractivity contribution in [2.24, 2.45) is 5.92 Å². The van der Waals surface area contributed by atoms with Crippen LogP contribution in [0.25, 0.3) is 0 Å². The Morgan fingerprint density at radius 3 is 2.56 bits per heavy atom. The molecule has 0 bridgehead atoms. The van der Waals surface area contributed by atoms with Crippen LogP contribution in [0.3, 0.4) is 0 Å². The fourth-order valence-corrected chi connectivity index (χ4v) is 3.53. The van der Waals surface area contributed by atoms with Gasteiger partial charge >= 0.3 is 0 Å². The molecule has 106 valence electrons. The Kier molecular flexibility index (Phi) is 5.46. The van der Waals surface area contributed by atoms with Crippen molar-refractivity contribution in [2.75, 3.05) is 27.3 Å². The number of hydrogen-bond acceptors (Lipinski definition) is 3. The lowest BCUT2D eigenvalue weighted by molar-refractivity contribution is 0.0633. The summed E-state index contributed by atoms with van der Waals surface area (Å²) in [4.78, 5) is 2.74. The smallest absolute Gasteiger partial charge is 0.0589 e. The van der Waals surface area contributed by atoms with Crippen molar-refractivity contribution in [2.45, 2.75) is 63.6 Å². The zero-order valence-electron chi connectivity index (χ0n) is 12.3. The zero-order valence-corrected chi connectivity index (χ0v) is 12.3. The summed E-state index contributed by atoms with van der Waals surface area (Å²) in [6.45, 7) is 4.33. The Bertz CT molecular complexity index is 243. The van der Waals surface area contributed by atoms with E-state index in [9.17, 15) is 0 Å². The molecule has 2 rings (SSSR count). The average Bonchev–Trinajstić information content (AvgIpc) is 3.23. The largest absolute Gasteiger partial charge is 0.383 e. The molecule has 0 spiro atoms. The summed E-state index contributed by atoms with van der Waals surface area (Å²) in [6, 6.07) is 2.26. The van der Waals surface area contributed by atoms with Crippen LogP contribution in [0.5, 0.6) is 0 Å². The summed E-state index contributed by atoms with van der Waals surface area (Å²) in [5.41, 5.74) is 0. The van der Waals surface area contributed by atoms with Crippen molar-refractivity contribution in [3.63, 3.8) is 0 Å². The van der Waals surface area contributed by atoms with Gasteiger partial charge in [-0.25, -0.2) is 0 Å². The van der Waals surface area contributed by atoms with Crippen LogP contribution in [0, 0.1) is 5.92 Å². The van der Waals surface area contributed by atoms with Crippen LogP contribution in [0.15, 0.2) is 0 Å². The molecule has 3 heteroatoms. The van der Waals surface area contributed by atoms with Crippen LogP contribution in [0.1, 0.15) is 45.4 Å². The lowest BCUT2D eigenvalue weighted by Crippen LogP contribution is -2.54.